The van der Waals surface area contributed by atoms with E-state index in [0.29, 0.717) is 53.8 Å². The monoisotopic (exact) mass is 440 g/mol. The lowest BCUT2D eigenvalue weighted by atomic mass is 10.2. The number of nitrogens with zero attached hydrogens (tertiary/aromatic N) is 2. The molecule has 1 aromatic heterocycles. The predicted molar refractivity (Wildman–Crippen MR) is 121 cm³/mol. The maximum absolute atomic E-state index is 12.8. The molecule has 0 bridgehead atoms. The van der Waals surface area contributed by atoms with Gasteiger partial charge in [0.2, 0.25) is 5.75 Å². The number of aromatic nitrogens is 2. The van der Waals surface area contributed by atoms with Gasteiger partial charge in [0.25, 0.3) is 5.56 Å². The van der Waals surface area contributed by atoms with E-state index in [2.05, 4.69) is 4.98 Å². The van der Waals surface area contributed by atoms with Gasteiger partial charge in [-0.3, -0.25) is 9.36 Å². The van der Waals surface area contributed by atoms with Gasteiger partial charge in [-0.2, -0.15) is 0 Å². The summed E-state index contributed by atoms with van der Waals surface area (Å²) in [5, 5.41) is 0.527. The summed E-state index contributed by atoms with van der Waals surface area (Å²) >= 11 is 0. The van der Waals surface area contributed by atoms with Crippen molar-refractivity contribution in [1.82, 2.24) is 9.55 Å². The summed E-state index contributed by atoms with van der Waals surface area (Å²) in [6, 6.07) is 10.3. The van der Waals surface area contributed by atoms with Gasteiger partial charge in [-0.1, -0.05) is 12.1 Å². The fourth-order valence-electron chi connectivity index (χ4n) is 3.36. The molecule has 32 heavy (non-hydrogen) atoms. The molecule has 170 valence electrons. The molecule has 0 fully saturated rings. The van der Waals surface area contributed by atoms with E-state index in [9.17, 15) is 9.59 Å². The van der Waals surface area contributed by atoms with Crippen LogP contribution in [0.25, 0.3) is 10.9 Å². The van der Waals surface area contributed by atoms with Gasteiger partial charge in [0, 0.05) is 0 Å². The summed E-state index contributed by atoms with van der Waals surface area (Å²) in [5.74, 6) is 1.30. The Morgan fingerprint density at radius 1 is 0.969 bits per heavy atom. The molecular weight excluding hydrogens is 412 g/mol. The summed E-state index contributed by atoms with van der Waals surface area (Å²) in [6.45, 7) is 8.75. The highest BCUT2D eigenvalue weighted by Crippen LogP contribution is 2.39. The Morgan fingerprint density at radius 2 is 1.59 bits per heavy atom. The molecule has 0 aliphatic rings. The van der Waals surface area contributed by atoms with Gasteiger partial charge >= 0.3 is 5.97 Å². The molecule has 0 amide bonds. The molecule has 0 radical (unpaired) electrons. The minimum atomic E-state index is -0.547. The fourth-order valence-corrected chi connectivity index (χ4v) is 3.36. The average molecular weight is 440 g/mol. The lowest BCUT2D eigenvalue weighted by Gasteiger charge is -2.17. The first-order valence-electron chi connectivity index (χ1n) is 10.7. The minimum Gasteiger partial charge on any atom is -0.490 e. The Hall–Kier alpha value is -3.55. The van der Waals surface area contributed by atoms with Crippen LogP contribution in [0, 0.1) is 6.92 Å². The van der Waals surface area contributed by atoms with Crippen LogP contribution in [-0.4, -0.2) is 41.9 Å². The highest BCUT2D eigenvalue weighted by Gasteiger charge is 2.19. The quantitative estimate of drug-likeness (QED) is 0.444. The van der Waals surface area contributed by atoms with Crippen LogP contribution >= 0.6 is 0 Å². The second-order valence-corrected chi connectivity index (χ2v) is 6.87. The Bertz CT molecular complexity index is 1130. The van der Waals surface area contributed by atoms with Gasteiger partial charge < -0.3 is 18.9 Å². The molecule has 3 rings (SSSR count). The average Bonchev–Trinajstić information content (AvgIpc) is 2.78. The number of benzene rings is 2. The van der Waals surface area contributed by atoms with Crippen molar-refractivity contribution in [2.45, 2.75) is 34.2 Å². The zero-order chi connectivity index (χ0) is 23.1. The first kappa shape index (κ1) is 23.1. The van der Waals surface area contributed by atoms with Gasteiger partial charge in [0.1, 0.15) is 12.4 Å². The molecule has 0 spiro atoms. The molecule has 8 nitrogen and oxygen atoms in total. The molecule has 0 saturated carbocycles. The van der Waals surface area contributed by atoms with Crippen LogP contribution in [-0.2, 0) is 11.3 Å². The number of ether oxygens (including phenoxy) is 4. The van der Waals surface area contributed by atoms with E-state index in [4.69, 9.17) is 18.9 Å². The van der Waals surface area contributed by atoms with Crippen molar-refractivity contribution in [2.24, 2.45) is 0 Å². The molecule has 0 atom stereocenters. The summed E-state index contributed by atoms with van der Waals surface area (Å²) in [6.07, 6.45) is 0. The van der Waals surface area contributed by atoms with Crippen molar-refractivity contribution >= 4 is 16.9 Å². The zero-order valence-corrected chi connectivity index (χ0v) is 18.8. The van der Waals surface area contributed by atoms with E-state index < -0.39 is 5.97 Å². The lowest BCUT2D eigenvalue weighted by molar-refractivity contribution is 0.0488. The standard InChI is InChI=1S/C24H28N2O6/c1-5-29-20-14-17(15-21(30-6-2)22(20)31-7-3)24(28)32-13-12-26-16(4)25-19-11-9-8-10-18(19)23(26)27/h8-11,14-15H,5-7,12-13H2,1-4H3. The number of aryl methyl sites for hydroxylation is 1. The molecule has 1 heterocycles. The minimum absolute atomic E-state index is 0.0146. The van der Waals surface area contributed by atoms with E-state index in [1.165, 1.54) is 4.57 Å². The second-order valence-electron chi connectivity index (χ2n) is 6.87. The SMILES string of the molecule is CCOc1cc(C(=O)OCCn2c(C)nc3ccccc3c2=O)cc(OCC)c1OCC. The van der Waals surface area contributed by atoms with Gasteiger partial charge in [-0.05, 0) is 52.0 Å². The van der Waals surface area contributed by atoms with Crippen LogP contribution in [0.1, 0.15) is 37.0 Å². The van der Waals surface area contributed by atoms with Crippen molar-refractivity contribution in [3.05, 3.63) is 58.1 Å². The first-order chi connectivity index (χ1) is 15.5. The second kappa shape index (κ2) is 10.7. The summed E-state index contributed by atoms with van der Waals surface area (Å²) in [7, 11) is 0. The molecule has 0 unspecified atom stereocenters. The number of hydrogen-bond acceptors (Lipinski definition) is 7. The Labute approximate surface area is 186 Å². The molecule has 0 saturated heterocycles. The van der Waals surface area contributed by atoms with Crippen molar-refractivity contribution < 1.29 is 23.7 Å². The van der Waals surface area contributed by atoms with Crippen molar-refractivity contribution in [3.8, 4) is 17.2 Å². The van der Waals surface area contributed by atoms with Crippen LogP contribution < -0.4 is 19.8 Å². The summed E-state index contributed by atoms with van der Waals surface area (Å²) < 4.78 is 23.9. The van der Waals surface area contributed by atoms with Crippen molar-refractivity contribution in [3.63, 3.8) is 0 Å². The topological polar surface area (TPSA) is 88.9 Å². The van der Waals surface area contributed by atoms with Crippen molar-refractivity contribution in [1.29, 1.82) is 0 Å². The van der Waals surface area contributed by atoms with Crippen molar-refractivity contribution in [2.75, 3.05) is 26.4 Å². The normalized spacial score (nSPS) is 10.8. The van der Waals surface area contributed by atoms with Gasteiger partial charge in [-0.15, -0.1) is 0 Å². The van der Waals surface area contributed by atoms with Crippen LogP contribution in [0.4, 0.5) is 0 Å². The lowest BCUT2D eigenvalue weighted by Crippen LogP contribution is -2.26. The summed E-state index contributed by atoms with van der Waals surface area (Å²) in [4.78, 5) is 29.9. The van der Waals surface area contributed by atoms with E-state index >= 15 is 0 Å². The predicted octanol–water partition coefficient (Wildman–Crippen LogP) is 3.76. The van der Waals surface area contributed by atoms with E-state index in [-0.39, 0.29) is 24.3 Å². The van der Waals surface area contributed by atoms with Crippen LogP contribution in [0.3, 0.4) is 0 Å². The number of fused-ring (bicyclic) bond motifs is 1. The van der Waals surface area contributed by atoms with Gasteiger partial charge in [0.15, 0.2) is 11.5 Å². The van der Waals surface area contributed by atoms with Crippen LogP contribution in [0.15, 0.2) is 41.2 Å². The highest BCUT2D eigenvalue weighted by atomic mass is 16.5. The van der Waals surface area contributed by atoms with Gasteiger partial charge in [-0.25, -0.2) is 9.78 Å². The van der Waals surface area contributed by atoms with Crippen LogP contribution in [0.2, 0.25) is 0 Å². The molecule has 2 aromatic carbocycles. The molecule has 0 aliphatic carbocycles. The number of rotatable bonds is 10. The third kappa shape index (κ3) is 5.01. The van der Waals surface area contributed by atoms with E-state index in [1.807, 2.05) is 26.8 Å². The molecule has 3 aromatic rings. The maximum Gasteiger partial charge on any atom is 0.338 e. The fraction of sp³-hybridized carbons (Fsp3) is 0.375. The van der Waals surface area contributed by atoms with Crippen LogP contribution in [0.5, 0.6) is 17.2 Å². The van der Waals surface area contributed by atoms with Gasteiger partial charge in [0.05, 0.1) is 42.8 Å². The molecule has 0 aliphatic heterocycles. The molecular formula is C24H28N2O6. The Morgan fingerprint density at radius 3 is 2.22 bits per heavy atom. The third-order valence-electron chi connectivity index (χ3n) is 4.75. The molecule has 8 heteroatoms. The first-order valence-corrected chi connectivity index (χ1v) is 10.7. The third-order valence-corrected chi connectivity index (χ3v) is 4.75. The largest absolute Gasteiger partial charge is 0.490 e. The molecule has 0 N–H and O–H groups in total. The van der Waals surface area contributed by atoms with E-state index in [1.54, 1.807) is 37.3 Å². The number of hydrogen-bond donors (Lipinski definition) is 0. The number of para-hydroxylation sites is 1. The van der Waals surface area contributed by atoms with E-state index in [0.717, 1.165) is 0 Å². The Balaban J connectivity index is 1.79. The Kier molecular flexibility index (Phi) is 7.70. The smallest absolute Gasteiger partial charge is 0.338 e. The number of esters is 1. The summed E-state index contributed by atoms with van der Waals surface area (Å²) in [5.41, 5.74) is 0.757. The number of carbonyl (C=O) groups is 1. The maximum atomic E-state index is 12.8. The highest BCUT2D eigenvalue weighted by molar-refractivity contribution is 5.91. The number of carbonyl (C=O) groups excluding carboxylic acids is 1. The zero-order valence-electron chi connectivity index (χ0n) is 18.8.